The first-order chi connectivity index (χ1) is 42.8. The Morgan fingerprint density at radius 2 is 1.38 bits per heavy atom. The number of aliphatic imine (C=N–C) groups is 1. The Morgan fingerprint density at radius 3 is 2.07 bits per heavy atom. The Bertz CT molecular complexity index is 3260. The van der Waals surface area contributed by atoms with Gasteiger partial charge in [-0.3, -0.25) is 57.7 Å². The van der Waals surface area contributed by atoms with Gasteiger partial charge in [-0.25, -0.2) is 15.8 Å². The van der Waals surface area contributed by atoms with E-state index in [4.69, 9.17) is 23.0 Å². The Labute approximate surface area is 511 Å². The zero-order valence-electron chi connectivity index (χ0n) is 49.2. The third kappa shape index (κ3) is 22.1. The average Bonchev–Trinajstić information content (AvgIpc) is 3.73. The molecular formula is C58H78N20O11. The molecule has 31 nitrogen and oxygen atoms in total. The molecule has 21 N–H and O–H groups in total. The van der Waals surface area contributed by atoms with Crippen LogP contribution in [0.15, 0.2) is 96.6 Å². The lowest BCUT2D eigenvalue weighted by Crippen LogP contribution is -2.61. The van der Waals surface area contributed by atoms with Crippen molar-refractivity contribution < 1.29 is 52.7 Å². The molecule has 0 radical (unpaired) electrons. The Hall–Kier alpha value is -10.5. The van der Waals surface area contributed by atoms with Crippen LogP contribution < -0.4 is 81.6 Å². The van der Waals surface area contributed by atoms with E-state index in [-0.39, 0.29) is 82.4 Å². The summed E-state index contributed by atoms with van der Waals surface area (Å²) >= 11 is 0. The van der Waals surface area contributed by atoms with E-state index in [0.29, 0.717) is 35.5 Å². The smallest absolute Gasteiger partial charge is 0.253 e. The van der Waals surface area contributed by atoms with E-state index < -0.39 is 127 Å². The van der Waals surface area contributed by atoms with Crippen LogP contribution in [0, 0.1) is 0 Å². The lowest BCUT2D eigenvalue weighted by atomic mass is 10.0. The van der Waals surface area contributed by atoms with E-state index in [1.165, 1.54) is 30.9 Å². The number of aromatic nitrogens is 4. The molecule has 4 heterocycles. The van der Waals surface area contributed by atoms with Crippen LogP contribution in [-0.4, -0.2) is 159 Å². The van der Waals surface area contributed by atoms with Crippen molar-refractivity contribution >= 4 is 87.7 Å². The fourth-order valence-corrected chi connectivity index (χ4v) is 9.51. The molecule has 5 aromatic rings. The Balaban J connectivity index is 1.29. The van der Waals surface area contributed by atoms with Gasteiger partial charge in [-0.05, 0) is 67.9 Å². The number of aromatic amines is 2. The number of hydrogen-bond donors (Lipinski definition) is 17. The highest BCUT2D eigenvalue weighted by atomic mass is 16.2. The number of nitrogens with one attached hydrogen (secondary N) is 13. The number of carbonyl (C=O) groups excluding carboxylic acids is 11. The maximum absolute atomic E-state index is 14.8. The van der Waals surface area contributed by atoms with Crippen LogP contribution in [0.5, 0.6) is 0 Å². The van der Waals surface area contributed by atoms with Gasteiger partial charge in [-0.2, -0.15) is 0 Å². The molecule has 0 aliphatic carbocycles. The van der Waals surface area contributed by atoms with Gasteiger partial charge in [0, 0.05) is 67.5 Å². The first-order valence-electron chi connectivity index (χ1n) is 29.1. The van der Waals surface area contributed by atoms with E-state index in [9.17, 15) is 52.7 Å². The van der Waals surface area contributed by atoms with E-state index >= 15 is 0 Å². The number of nitrogens with zero attached hydrogens (tertiary/aromatic N) is 3. The second-order valence-corrected chi connectivity index (χ2v) is 21.1. The monoisotopic (exact) mass is 1230 g/mol. The largest absolute Gasteiger partial charge is 0.370 e. The molecule has 0 spiro atoms. The van der Waals surface area contributed by atoms with Crippen molar-refractivity contribution in [3.63, 3.8) is 0 Å². The number of amides is 11. The van der Waals surface area contributed by atoms with Crippen molar-refractivity contribution in [3.05, 3.63) is 114 Å². The quantitative estimate of drug-likeness (QED) is 0.0102. The molecule has 31 heteroatoms. The summed E-state index contributed by atoms with van der Waals surface area (Å²) in [5.74, 6) is -3.76. The second-order valence-electron chi connectivity index (χ2n) is 21.1. The summed E-state index contributed by atoms with van der Waals surface area (Å²) in [7, 11) is 0. The van der Waals surface area contributed by atoms with Crippen LogP contribution in [0.4, 0.5) is 5.82 Å². The van der Waals surface area contributed by atoms with Crippen LogP contribution in [0.25, 0.3) is 10.9 Å². The van der Waals surface area contributed by atoms with Crippen molar-refractivity contribution in [1.82, 2.24) is 73.1 Å². The van der Waals surface area contributed by atoms with E-state index in [2.05, 4.69) is 83.5 Å². The van der Waals surface area contributed by atoms with Crippen LogP contribution in [0.1, 0.15) is 91.9 Å². The number of nitrogen functional groups attached to an aromatic ring is 1. The first-order valence-corrected chi connectivity index (χ1v) is 29.1. The normalized spacial score (nSPS) is 19.5. The van der Waals surface area contributed by atoms with Crippen molar-refractivity contribution in [1.29, 1.82) is 0 Å². The minimum absolute atomic E-state index is 0.0110. The highest BCUT2D eigenvalue weighted by molar-refractivity contribution is 6.00. The molecule has 0 unspecified atom stereocenters. The summed E-state index contributed by atoms with van der Waals surface area (Å²) in [5.41, 5.74) is 21.8. The lowest BCUT2D eigenvalue weighted by molar-refractivity contribution is -0.136. The van der Waals surface area contributed by atoms with Crippen LogP contribution in [0.3, 0.4) is 0 Å². The fourth-order valence-electron chi connectivity index (χ4n) is 9.51. The number of benzene rings is 2. The summed E-state index contributed by atoms with van der Waals surface area (Å²) < 4.78 is 0. The van der Waals surface area contributed by atoms with Crippen LogP contribution >= 0.6 is 0 Å². The minimum Gasteiger partial charge on any atom is -0.370 e. The molecule has 0 saturated carbocycles. The highest BCUT2D eigenvalue weighted by Gasteiger charge is 2.36. The number of imidazole rings is 1. The topological polar surface area (TPSA) is 494 Å². The molecule has 0 bridgehead atoms. The minimum atomic E-state index is -1.73. The standard InChI is InChI=1S/C58H78N20O11/c1-2-3-15-40(71-49(81)31-68-48(80)30-69-51(83)34-19-20-46(78-62)67-27-34)52(84)77-45-26-47(79)64-21-10-9-17-39(50(59)82)72-55(87)43(24-35-28-66-38-16-8-7-14-37(35)38)75-53(85)41(18-11-22-65-58(60)61)73-54(86)42(23-33-12-5-4-6-13-33)74-56(88)44(76-57(45)89)25-36-29-63-32-70-36/h4-8,12-14,16,19-20,27-29,32,39-45,66H,2-3,9-11,15,17-18,21-26,30-31,62H2,1H3,(H2,59,82)(H,63,70)(H,64,79)(H,67,78)(H,68,80)(H,69,83)(H,71,81)(H,72,87)(H,73,86)(H,74,88)(H,75,85)(H,76,89)(H,77,84)(H4,60,61,65)/t39-,40-,41-,42+,43-,44-,45-/m0/s1. The molecule has 2 aromatic carbocycles. The summed E-state index contributed by atoms with van der Waals surface area (Å²) in [6, 6.07) is 8.65. The highest BCUT2D eigenvalue weighted by Crippen LogP contribution is 2.20. The predicted molar refractivity (Wildman–Crippen MR) is 325 cm³/mol. The maximum atomic E-state index is 14.8. The first kappa shape index (κ1) is 67.7. The van der Waals surface area contributed by atoms with Gasteiger partial charge in [0.1, 0.15) is 48.1 Å². The third-order valence-electron chi connectivity index (χ3n) is 14.3. The SMILES string of the molecule is CCCC[C@H](NC(=O)CNC(=O)CNC(=O)c1ccc(NN)nc1)C(=O)N[C@H]1CC(=O)NCCCC[C@@H](C(N)=O)NC(=O)[C@H](Cc2c[nH]c3ccccc23)NC(=O)[C@H](CCCN=C(N)N)NC(=O)[C@@H](Cc2ccccc2)NC(=O)[C@H](Cc2cnc[nH]2)NC1=O. The van der Waals surface area contributed by atoms with Crippen LogP contribution in [-0.2, 0) is 67.2 Å². The van der Waals surface area contributed by atoms with Crippen molar-refractivity contribution in [2.24, 2.45) is 28.0 Å². The molecule has 1 aliphatic rings. The van der Waals surface area contributed by atoms with Gasteiger partial charge >= 0.3 is 0 Å². The van der Waals surface area contributed by atoms with E-state index in [1.54, 1.807) is 42.6 Å². The zero-order valence-corrected chi connectivity index (χ0v) is 49.2. The van der Waals surface area contributed by atoms with Gasteiger partial charge in [0.25, 0.3) is 5.91 Å². The van der Waals surface area contributed by atoms with E-state index in [0.717, 1.165) is 10.9 Å². The second kappa shape index (κ2) is 34.6. The van der Waals surface area contributed by atoms with Crippen molar-refractivity contribution in [2.45, 2.75) is 126 Å². The molecule has 6 rings (SSSR count). The molecule has 1 saturated heterocycles. The number of fused-ring (bicyclic) bond motifs is 1. The average molecular weight is 1230 g/mol. The molecule has 3 aromatic heterocycles. The van der Waals surface area contributed by atoms with Crippen molar-refractivity contribution in [3.8, 4) is 0 Å². The number of unbranched alkanes of at least 4 members (excludes halogenated alkanes) is 1. The number of para-hydroxylation sites is 1. The maximum Gasteiger partial charge on any atom is 0.253 e. The molecule has 1 aliphatic heterocycles. The number of guanidine groups is 1. The number of rotatable bonds is 23. The number of H-pyrrole nitrogens is 2. The number of hydrogen-bond acceptors (Lipinski definition) is 16. The number of nitrogens with two attached hydrogens (primary N) is 4. The lowest BCUT2D eigenvalue weighted by Gasteiger charge is -2.28. The summed E-state index contributed by atoms with van der Waals surface area (Å²) in [6.07, 6.45) is 5.88. The van der Waals surface area contributed by atoms with Gasteiger partial charge in [0.05, 0.1) is 31.4 Å². The number of carbonyl (C=O) groups is 11. The van der Waals surface area contributed by atoms with E-state index in [1.807, 2.05) is 25.1 Å². The number of primary amides is 1. The molecule has 1 fully saturated rings. The predicted octanol–water partition coefficient (Wildman–Crippen LogP) is -3.04. The Morgan fingerprint density at radius 1 is 0.708 bits per heavy atom. The van der Waals surface area contributed by atoms with Gasteiger partial charge in [-0.1, -0.05) is 68.3 Å². The molecule has 476 valence electrons. The van der Waals surface area contributed by atoms with Gasteiger partial charge < -0.3 is 85.8 Å². The fraction of sp³-hybridized carbons (Fsp3) is 0.414. The summed E-state index contributed by atoms with van der Waals surface area (Å²) in [5, 5.41) is 27.0. The third-order valence-corrected chi connectivity index (χ3v) is 14.3. The van der Waals surface area contributed by atoms with Gasteiger partial charge in [0.2, 0.25) is 59.1 Å². The van der Waals surface area contributed by atoms with Gasteiger partial charge in [-0.15, -0.1) is 0 Å². The summed E-state index contributed by atoms with van der Waals surface area (Å²) in [4.78, 5) is 171. The molecular weight excluding hydrogens is 1150 g/mol. The summed E-state index contributed by atoms with van der Waals surface area (Å²) in [6.45, 7) is 0.685. The zero-order chi connectivity index (χ0) is 64.2. The number of hydrazine groups is 1. The molecule has 11 amide bonds. The number of anilines is 1. The molecule has 7 atom stereocenters. The van der Waals surface area contributed by atoms with Crippen LogP contribution in [0.2, 0.25) is 0 Å². The van der Waals surface area contributed by atoms with Crippen molar-refractivity contribution in [2.75, 3.05) is 31.6 Å². The number of pyridine rings is 1. The van der Waals surface area contributed by atoms with Gasteiger partial charge in [0.15, 0.2) is 5.96 Å². The molecule has 89 heavy (non-hydrogen) atoms. The Kier molecular flexibility index (Phi) is 26.3.